The molecule has 0 bridgehead atoms. The molecule has 4 rings (SSSR count). The summed E-state index contributed by atoms with van der Waals surface area (Å²) < 4.78 is 0. The van der Waals surface area contributed by atoms with E-state index in [9.17, 15) is 10.3 Å². The third kappa shape index (κ3) is 1.97. The van der Waals surface area contributed by atoms with Crippen LogP contribution >= 0.6 is 0 Å². The van der Waals surface area contributed by atoms with E-state index in [1.54, 1.807) is 0 Å². The van der Waals surface area contributed by atoms with Crippen molar-refractivity contribution in [2.24, 2.45) is 44.7 Å². The van der Waals surface area contributed by atoms with Crippen LogP contribution in [-0.2, 0) is 0 Å². The molecule has 0 spiro atoms. The van der Waals surface area contributed by atoms with E-state index in [0.29, 0.717) is 23.5 Å². The number of rotatable bonds is 0. The van der Waals surface area contributed by atoms with Crippen LogP contribution in [0.3, 0.4) is 0 Å². The van der Waals surface area contributed by atoms with Gasteiger partial charge in [0.15, 0.2) is 0 Å². The van der Waals surface area contributed by atoms with Crippen molar-refractivity contribution < 1.29 is 10.3 Å². The van der Waals surface area contributed by atoms with Crippen LogP contribution in [0.4, 0.5) is 0 Å². The number of nitrogens with two attached hydrogens (primary N) is 1. The zero-order valence-corrected chi connectivity index (χ0v) is 14.7. The maximum absolute atomic E-state index is 10.1. The Balaban J connectivity index is 1.72. The Kier molecular flexibility index (Phi) is 3.57. The van der Waals surface area contributed by atoms with Crippen molar-refractivity contribution in [1.29, 1.82) is 0 Å². The third-order valence-corrected chi connectivity index (χ3v) is 7.94. The third-order valence-electron chi connectivity index (χ3n) is 7.94. The molecule has 132 valence electrons. The summed E-state index contributed by atoms with van der Waals surface area (Å²) in [5.41, 5.74) is 3.14. The molecule has 0 amide bonds. The van der Waals surface area contributed by atoms with Crippen molar-refractivity contribution in [3.05, 3.63) is 11.6 Å². The minimum absolute atomic E-state index is 0.0621. The molecule has 0 saturated heterocycles. The number of fused-ring (bicyclic) bond motifs is 5. The van der Waals surface area contributed by atoms with Crippen LogP contribution in [0.2, 0.25) is 0 Å². The molecule has 0 aromatic rings. The summed E-state index contributed by atoms with van der Waals surface area (Å²) in [6.07, 6.45) is 9.17. The Morgan fingerprint density at radius 2 is 1.88 bits per heavy atom. The van der Waals surface area contributed by atoms with Gasteiger partial charge in [-0.15, -0.1) is 0 Å². The molecular weight excluding hydrogens is 302 g/mol. The monoisotopic (exact) mass is 331 g/mol. The van der Waals surface area contributed by atoms with Crippen LogP contribution in [0, 0.1) is 28.6 Å². The van der Waals surface area contributed by atoms with E-state index in [2.05, 4.69) is 30.2 Å². The van der Waals surface area contributed by atoms with Crippen LogP contribution in [0.15, 0.2) is 21.9 Å². The normalized spacial score (nSPS) is 51.0. The molecule has 3 fully saturated rings. The molecule has 24 heavy (non-hydrogen) atoms. The molecule has 4 aliphatic carbocycles. The lowest BCUT2D eigenvalue weighted by Gasteiger charge is -2.56. The number of allylic oxidation sites excluding steroid dienone is 1. The van der Waals surface area contributed by atoms with Gasteiger partial charge in [-0.05, 0) is 68.1 Å². The zero-order valence-electron chi connectivity index (χ0n) is 14.7. The molecule has 4 N–H and O–H groups in total. The van der Waals surface area contributed by atoms with E-state index in [-0.39, 0.29) is 16.9 Å². The lowest BCUT2D eigenvalue weighted by atomic mass is 9.48. The number of hydrogen-bond acceptors (Lipinski definition) is 5. The molecule has 5 heteroatoms. The van der Waals surface area contributed by atoms with Crippen molar-refractivity contribution in [1.82, 2.24) is 0 Å². The summed E-state index contributed by atoms with van der Waals surface area (Å²) in [7, 11) is 0. The maximum atomic E-state index is 10.1. The summed E-state index contributed by atoms with van der Waals surface area (Å²) in [4.78, 5) is 0. The molecule has 0 radical (unpaired) electrons. The predicted molar refractivity (Wildman–Crippen MR) is 93.9 cm³/mol. The van der Waals surface area contributed by atoms with E-state index >= 15 is 0 Å². The molecule has 0 unspecified atom stereocenters. The number of hydrogen-bond donors (Lipinski definition) is 3. The van der Waals surface area contributed by atoms with Gasteiger partial charge in [-0.2, -0.15) is 5.10 Å². The minimum Gasteiger partial charge on any atom is -0.411 e. The molecule has 0 aromatic carbocycles. The summed E-state index contributed by atoms with van der Waals surface area (Å²) in [5.74, 6) is 7.35. The second kappa shape index (κ2) is 5.32. The Morgan fingerprint density at radius 3 is 2.58 bits per heavy atom. The van der Waals surface area contributed by atoms with Gasteiger partial charge >= 0.3 is 0 Å². The zero-order chi connectivity index (χ0) is 17.1. The largest absolute Gasteiger partial charge is 0.411 e. The van der Waals surface area contributed by atoms with Crippen LogP contribution < -0.4 is 5.84 Å². The van der Waals surface area contributed by atoms with E-state index in [0.717, 1.165) is 44.2 Å². The van der Waals surface area contributed by atoms with Gasteiger partial charge in [-0.25, -0.2) is 0 Å². The van der Waals surface area contributed by atoms with Crippen LogP contribution in [0.5, 0.6) is 0 Å². The number of aliphatic hydroxyl groups is 1. The van der Waals surface area contributed by atoms with Crippen molar-refractivity contribution in [3.8, 4) is 0 Å². The maximum Gasteiger partial charge on any atom is 0.104 e. The van der Waals surface area contributed by atoms with Crippen molar-refractivity contribution in [2.45, 2.75) is 64.9 Å². The summed E-state index contributed by atoms with van der Waals surface area (Å²) in [5, 5.41) is 27.0. The fraction of sp³-hybridized carbons (Fsp3) is 0.789. The standard InChI is InChI=1S/C19H29N3O2/c1-18-7-5-12(23)9-11(18)3-4-13-14(18)6-8-19(2)15(13)10-16(22-24)17(19)21-20/h3,12-15,23-24H,4-10,20H2,1-2H3/t12-,13+,14-,15-,18-,19-/m0/s1. The van der Waals surface area contributed by atoms with Gasteiger partial charge in [0.25, 0.3) is 0 Å². The van der Waals surface area contributed by atoms with Crippen LogP contribution in [0.25, 0.3) is 0 Å². The molecular formula is C19H29N3O2. The first kappa shape index (κ1) is 16.1. The van der Waals surface area contributed by atoms with Crippen LogP contribution in [-0.4, -0.2) is 27.8 Å². The van der Waals surface area contributed by atoms with Crippen molar-refractivity contribution in [3.63, 3.8) is 0 Å². The highest BCUT2D eigenvalue weighted by Gasteiger charge is 2.59. The first-order chi connectivity index (χ1) is 11.4. The van der Waals surface area contributed by atoms with Gasteiger partial charge in [-0.3, -0.25) is 0 Å². The molecule has 0 aromatic heterocycles. The van der Waals surface area contributed by atoms with Crippen LogP contribution in [0.1, 0.15) is 58.8 Å². The average Bonchev–Trinajstić information content (AvgIpc) is 2.87. The quantitative estimate of drug-likeness (QED) is 0.276. The van der Waals surface area contributed by atoms with Gasteiger partial charge in [-0.1, -0.05) is 30.7 Å². The van der Waals surface area contributed by atoms with E-state index in [4.69, 9.17) is 5.84 Å². The number of aliphatic hydroxyl groups excluding tert-OH is 1. The Hall–Kier alpha value is -1.36. The van der Waals surface area contributed by atoms with Gasteiger partial charge < -0.3 is 16.2 Å². The second-order valence-electron chi connectivity index (χ2n) is 8.84. The number of nitrogens with zero attached hydrogens (tertiary/aromatic N) is 2. The molecule has 0 heterocycles. The molecule has 0 aliphatic heterocycles. The Labute approximate surface area is 143 Å². The lowest BCUT2D eigenvalue weighted by molar-refractivity contribution is -0.0197. The first-order valence-corrected chi connectivity index (χ1v) is 9.31. The Morgan fingerprint density at radius 1 is 1.12 bits per heavy atom. The average molecular weight is 331 g/mol. The summed E-state index contributed by atoms with van der Waals surface area (Å²) in [6, 6.07) is 0. The molecule has 3 saturated carbocycles. The fourth-order valence-corrected chi connectivity index (χ4v) is 6.58. The highest BCUT2D eigenvalue weighted by atomic mass is 16.4. The SMILES string of the molecule is C[C@]12CC[C@H](O)CC1=CC[C@@H]1[C@@H]2CC[C@]2(C)C(=NN)C(=NO)C[C@@H]12. The molecule has 4 aliphatic rings. The minimum atomic E-state index is -0.162. The van der Waals surface area contributed by atoms with Gasteiger partial charge in [0.1, 0.15) is 5.71 Å². The lowest BCUT2D eigenvalue weighted by Crippen LogP contribution is -2.50. The molecule has 6 atom stereocenters. The smallest absolute Gasteiger partial charge is 0.104 e. The number of hydrazone groups is 1. The van der Waals surface area contributed by atoms with Gasteiger partial charge in [0, 0.05) is 5.41 Å². The second-order valence-corrected chi connectivity index (χ2v) is 8.84. The van der Waals surface area contributed by atoms with E-state index < -0.39 is 0 Å². The van der Waals surface area contributed by atoms with Crippen molar-refractivity contribution in [2.75, 3.05) is 0 Å². The van der Waals surface area contributed by atoms with E-state index in [1.807, 2.05) is 0 Å². The summed E-state index contributed by atoms with van der Waals surface area (Å²) >= 11 is 0. The van der Waals surface area contributed by atoms with Gasteiger partial charge in [0.2, 0.25) is 0 Å². The number of oxime groups is 1. The van der Waals surface area contributed by atoms with E-state index in [1.165, 1.54) is 12.0 Å². The topological polar surface area (TPSA) is 91.2 Å². The highest BCUT2D eigenvalue weighted by Crippen LogP contribution is 2.63. The summed E-state index contributed by atoms with van der Waals surface area (Å²) in [6.45, 7) is 4.67. The fourth-order valence-electron chi connectivity index (χ4n) is 6.58. The van der Waals surface area contributed by atoms with Crippen molar-refractivity contribution >= 4 is 11.4 Å². The highest BCUT2D eigenvalue weighted by molar-refractivity contribution is 6.46. The predicted octanol–water partition coefficient (Wildman–Crippen LogP) is 3.06. The Bertz CT molecular complexity index is 641. The first-order valence-electron chi connectivity index (χ1n) is 9.31. The molecule has 5 nitrogen and oxygen atoms in total. The van der Waals surface area contributed by atoms with Gasteiger partial charge in [0.05, 0.1) is 11.8 Å².